The standard InChI is InChI=1S/C57H63Si.3ClH.Ti/c1-35-23-38(4)54(39(5)24-35)32-48-17-14-20-51(29-48)58(57-46(12)44(10)45(11)47(57)13,52-21-15-18-49(30-52)33-55-40(6)25-36(2)26-41(55)7)53-22-16-19-50(31-53)34-56-42(8)27-37(3)28-43(56)9;;;;/h14-31H,32-34H2,1-13H3;3*1H;/q-1;;;;+4/p-3. The van der Waals surface area contributed by atoms with E-state index in [1.807, 2.05) is 0 Å². The van der Waals surface area contributed by atoms with Gasteiger partial charge in [0.2, 0.25) is 0 Å². The normalized spacial score (nSPS) is 11.0. The molecule has 7 aromatic rings. The van der Waals surface area contributed by atoms with Crippen molar-refractivity contribution in [3.8, 4) is 0 Å². The van der Waals surface area contributed by atoms with Gasteiger partial charge in [-0.15, -0.1) is 5.19 Å². The Labute approximate surface area is 408 Å². The first-order chi connectivity index (χ1) is 27.6. The molecule has 0 unspecified atom stereocenters. The molecule has 0 aromatic heterocycles. The maximum Gasteiger partial charge on any atom is 4.00 e. The van der Waals surface area contributed by atoms with E-state index in [4.69, 9.17) is 0 Å². The van der Waals surface area contributed by atoms with Gasteiger partial charge in [0.05, 0.1) is 0 Å². The monoisotopic (exact) mass is 928 g/mol. The van der Waals surface area contributed by atoms with Gasteiger partial charge in [-0.3, -0.25) is 0 Å². The van der Waals surface area contributed by atoms with Crippen LogP contribution in [-0.4, -0.2) is 8.07 Å². The van der Waals surface area contributed by atoms with Crippen molar-refractivity contribution in [3.63, 3.8) is 0 Å². The molecule has 0 heterocycles. The Morgan fingerprint density at radius 2 is 0.597 bits per heavy atom. The van der Waals surface area contributed by atoms with Gasteiger partial charge >= 0.3 is 21.7 Å². The van der Waals surface area contributed by atoms with Crippen LogP contribution in [0, 0.1) is 90.0 Å². The molecule has 0 radical (unpaired) electrons. The molecule has 62 heavy (non-hydrogen) atoms. The molecule has 0 amide bonds. The molecule has 5 heteroatoms. The van der Waals surface area contributed by atoms with Gasteiger partial charge in [-0.2, -0.15) is 22.3 Å². The first-order valence-electron chi connectivity index (χ1n) is 21.3. The summed E-state index contributed by atoms with van der Waals surface area (Å²) >= 11 is 0. The summed E-state index contributed by atoms with van der Waals surface area (Å²) in [6.45, 7) is 29.8. The third-order valence-electron chi connectivity index (χ3n) is 13.6. The van der Waals surface area contributed by atoms with E-state index in [1.54, 1.807) is 5.19 Å². The number of rotatable bonds is 10. The molecular weight excluding hydrogens is 867 g/mol. The van der Waals surface area contributed by atoms with E-state index in [-0.39, 0.29) is 58.9 Å². The summed E-state index contributed by atoms with van der Waals surface area (Å²) < 4.78 is 0. The average Bonchev–Trinajstić information content (AvgIpc) is 3.35. The molecule has 7 aromatic carbocycles. The molecule has 0 fully saturated rings. The van der Waals surface area contributed by atoms with E-state index in [0.29, 0.717) is 0 Å². The summed E-state index contributed by atoms with van der Waals surface area (Å²) in [7, 11) is -2.95. The Kier molecular flexibility index (Phi) is 18.3. The fraction of sp³-hybridized carbons (Fsp3) is 0.281. The zero-order valence-electron chi connectivity index (χ0n) is 39.1. The number of halogens is 3. The van der Waals surface area contributed by atoms with Crippen LogP contribution in [0.25, 0.3) is 0 Å². The summed E-state index contributed by atoms with van der Waals surface area (Å²) in [5, 5.41) is 5.94. The summed E-state index contributed by atoms with van der Waals surface area (Å²) in [6.07, 6.45) is 2.77. The Morgan fingerprint density at radius 1 is 0.355 bits per heavy atom. The van der Waals surface area contributed by atoms with Gasteiger partial charge in [-0.25, -0.2) is 0 Å². The molecule has 0 saturated heterocycles. The van der Waals surface area contributed by atoms with E-state index in [1.165, 1.54) is 121 Å². The SMILES string of the molecule is Cc1cc(C)c(Cc2cccc([Si](c3cccc(Cc4c(C)cc(C)cc4C)c3)(c3cccc(Cc4c(C)cc(C)cc4C)c3)[c-]3c(C)c(C)c(C)c3C)c2)c(C)c1.[Cl-].[Cl-].[Cl-].[Ti+4]. The fourth-order valence-electron chi connectivity index (χ4n) is 10.5. The van der Waals surface area contributed by atoms with Gasteiger partial charge < -0.3 is 37.2 Å². The Hall–Kier alpha value is -3.53. The molecular formula is C57H63Cl3SiTi. The molecule has 0 N–H and O–H groups in total. The predicted molar refractivity (Wildman–Crippen MR) is 255 cm³/mol. The predicted octanol–water partition coefficient (Wildman–Crippen LogP) is 2.57. The number of benzene rings is 6. The van der Waals surface area contributed by atoms with Crippen LogP contribution in [0.2, 0.25) is 0 Å². The molecule has 7 rings (SSSR count). The van der Waals surface area contributed by atoms with E-state index in [0.717, 1.165) is 19.3 Å². The molecule has 0 atom stereocenters. The van der Waals surface area contributed by atoms with Gasteiger partial charge in [0.1, 0.15) is 8.07 Å². The van der Waals surface area contributed by atoms with Gasteiger partial charge in [-0.1, -0.05) is 169 Å². The Bertz CT molecular complexity index is 2360. The van der Waals surface area contributed by atoms with Crippen molar-refractivity contribution in [1.82, 2.24) is 0 Å². The van der Waals surface area contributed by atoms with Gasteiger partial charge in [0.25, 0.3) is 0 Å². The van der Waals surface area contributed by atoms with E-state index < -0.39 is 8.07 Å². The number of hydrogen-bond acceptors (Lipinski definition) is 0. The maximum absolute atomic E-state index is 2.95. The van der Waals surface area contributed by atoms with Crippen molar-refractivity contribution in [2.24, 2.45) is 0 Å². The molecule has 0 saturated carbocycles. The number of hydrogen-bond donors (Lipinski definition) is 0. The molecule has 0 aliphatic rings. The van der Waals surface area contributed by atoms with Crippen molar-refractivity contribution >= 4 is 28.8 Å². The zero-order chi connectivity index (χ0) is 41.6. The largest absolute Gasteiger partial charge is 4.00 e. The van der Waals surface area contributed by atoms with Crippen LogP contribution in [0.3, 0.4) is 0 Å². The van der Waals surface area contributed by atoms with Crippen LogP contribution in [-0.2, 0) is 41.0 Å². The third kappa shape index (κ3) is 10.2. The second-order valence-electron chi connectivity index (χ2n) is 17.9. The van der Waals surface area contributed by atoms with Crippen molar-refractivity contribution in [2.45, 2.75) is 109 Å². The van der Waals surface area contributed by atoms with E-state index in [2.05, 4.69) is 199 Å². The van der Waals surface area contributed by atoms with Crippen LogP contribution in [0.1, 0.15) is 106 Å². The van der Waals surface area contributed by atoms with Crippen molar-refractivity contribution in [3.05, 3.63) is 215 Å². The molecule has 0 bridgehead atoms. The summed E-state index contributed by atoms with van der Waals surface area (Å²) in [4.78, 5) is 0. The maximum atomic E-state index is 2.60. The van der Waals surface area contributed by atoms with Crippen molar-refractivity contribution in [1.29, 1.82) is 0 Å². The molecule has 0 aliphatic heterocycles. The Balaban J connectivity index is 0.00000256. The van der Waals surface area contributed by atoms with Crippen LogP contribution in [0.4, 0.5) is 0 Å². The van der Waals surface area contributed by atoms with Crippen molar-refractivity contribution in [2.75, 3.05) is 0 Å². The van der Waals surface area contributed by atoms with Gasteiger partial charge in [-0.05, 0) is 148 Å². The molecule has 0 spiro atoms. The first kappa shape index (κ1) is 52.8. The minimum absolute atomic E-state index is 0. The summed E-state index contributed by atoms with van der Waals surface area (Å²) in [5.41, 5.74) is 26.5. The second-order valence-corrected chi connectivity index (χ2v) is 21.6. The van der Waals surface area contributed by atoms with E-state index >= 15 is 0 Å². The molecule has 0 nitrogen and oxygen atoms in total. The van der Waals surface area contributed by atoms with Crippen molar-refractivity contribution < 1.29 is 58.9 Å². The van der Waals surface area contributed by atoms with Crippen LogP contribution in [0.15, 0.2) is 109 Å². The fourth-order valence-corrected chi connectivity index (χ4v) is 16.1. The zero-order valence-corrected chi connectivity index (χ0v) is 44.0. The topological polar surface area (TPSA) is 0 Å². The Morgan fingerprint density at radius 3 is 0.839 bits per heavy atom. The average molecular weight is 930 g/mol. The van der Waals surface area contributed by atoms with Crippen LogP contribution >= 0.6 is 0 Å². The smallest absolute Gasteiger partial charge is 1.00 e. The molecule has 0 aliphatic carbocycles. The minimum Gasteiger partial charge on any atom is -1.00 e. The van der Waals surface area contributed by atoms with Gasteiger partial charge in [0.15, 0.2) is 0 Å². The third-order valence-corrected chi connectivity index (χ3v) is 18.6. The first-order valence-corrected chi connectivity index (χ1v) is 23.3. The van der Waals surface area contributed by atoms with Crippen LogP contribution in [0.5, 0.6) is 0 Å². The summed E-state index contributed by atoms with van der Waals surface area (Å²) in [5.74, 6) is 0. The van der Waals surface area contributed by atoms with Crippen LogP contribution < -0.4 is 58.0 Å². The number of aryl methyl sites for hydroxylation is 9. The molecule has 320 valence electrons. The second kappa shape index (κ2) is 21.4. The quantitative estimate of drug-likeness (QED) is 0.113. The van der Waals surface area contributed by atoms with Gasteiger partial charge in [0, 0.05) is 0 Å². The minimum atomic E-state index is -2.95. The summed E-state index contributed by atoms with van der Waals surface area (Å²) in [6, 6.07) is 43.4. The van der Waals surface area contributed by atoms with E-state index in [9.17, 15) is 0 Å².